The molecule has 14 heavy (non-hydrogen) atoms. The maximum Gasteiger partial charge on any atom is 0.213 e. The van der Waals surface area contributed by atoms with Crippen molar-refractivity contribution >= 4 is 0 Å². The fourth-order valence-corrected chi connectivity index (χ4v) is 1.39. The van der Waals surface area contributed by atoms with Gasteiger partial charge in [-0.25, -0.2) is 4.98 Å². The van der Waals surface area contributed by atoms with Crippen LogP contribution in [0.1, 0.15) is 26.0 Å². The Kier molecular flexibility index (Phi) is 3.47. The van der Waals surface area contributed by atoms with Gasteiger partial charge >= 0.3 is 0 Å². The van der Waals surface area contributed by atoms with Gasteiger partial charge < -0.3 is 10.5 Å². The van der Waals surface area contributed by atoms with Crippen LogP contribution >= 0.6 is 0 Å². The van der Waals surface area contributed by atoms with Gasteiger partial charge in [-0.2, -0.15) is 0 Å². The first-order valence-corrected chi connectivity index (χ1v) is 4.82. The van der Waals surface area contributed by atoms with E-state index in [1.807, 2.05) is 18.2 Å². The van der Waals surface area contributed by atoms with Crippen molar-refractivity contribution in [2.75, 3.05) is 13.7 Å². The van der Waals surface area contributed by atoms with Crippen LogP contribution in [-0.2, 0) is 5.41 Å². The summed E-state index contributed by atoms with van der Waals surface area (Å²) in [6.45, 7) is 4.95. The van der Waals surface area contributed by atoms with Gasteiger partial charge in [-0.1, -0.05) is 19.9 Å². The molecule has 3 heteroatoms. The quantitative estimate of drug-likeness (QED) is 0.793. The van der Waals surface area contributed by atoms with Gasteiger partial charge in [0, 0.05) is 11.5 Å². The summed E-state index contributed by atoms with van der Waals surface area (Å²) in [6.07, 6.45) is 0.924. The van der Waals surface area contributed by atoms with Crippen LogP contribution in [0.25, 0.3) is 0 Å². The average Bonchev–Trinajstić information content (AvgIpc) is 2.18. The number of methoxy groups -OCH3 is 1. The zero-order valence-electron chi connectivity index (χ0n) is 9.08. The Morgan fingerprint density at radius 2 is 2.14 bits per heavy atom. The first-order valence-electron chi connectivity index (χ1n) is 4.82. The number of ether oxygens (including phenoxy) is 1. The molecule has 0 aliphatic rings. The molecule has 0 saturated carbocycles. The molecule has 1 aromatic rings. The Morgan fingerprint density at radius 1 is 1.43 bits per heavy atom. The van der Waals surface area contributed by atoms with Crippen molar-refractivity contribution in [2.24, 2.45) is 5.73 Å². The highest BCUT2D eigenvalue weighted by Crippen LogP contribution is 2.25. The monoisotopic (exact) mass is 194 g/mol. The second-order valence-electron chi connectivity index (χ2n) is 3.99. The fourth-order valence-electron chi connectivity index (χ4n) is 1.39. The van der Waals surface area contributed by atoms with Crippen LogP contribution in [0, 0.1) is 0 Å². The molecular weight excluding hydrogens is 176 g/mol. The average molecular weight is 194 g/mol. The molecular formula is C11H18N2O. The highest BCUT2D eigenvalue weighted by atomic mass is 16.5. The van der Waals surface area contributed by atoms with Gasteiger partial charge in [0.2, 0.25) is 5.88 Å². The molecule has 0 atom stereocenters. The summed E-state index contributed by atoms with van der Waals surface area (Å²) in [6, 6.07) is 5.82. The van der Waals surface area contributed by atoms with E-state index in [0.29, 0.717) is 12.4 Å². The van der Waals surface area contributed by atoms with Gasteiger partial charge in [0.15, 0.2) is 0 Å². The van der Waals surface area contributed by atoms with Crippen LogP contribution in [0.3, 0.4) is 0 Å². The molecule has 1 heterocycles. The smallest absolute Gasteiger partial charge is 0.213 e. The molecule has 0 bridgehead atoms. The minimum Gasteiger partial charge on any atom is -0.481 e. The van der Waals surface area contributed by atoms with E-state index < -0.39 is 0 Å². The predicted octanol–water partition coefficient (Wildman–Crippen LogP) is 1.72. The summed E-state index contributed by atoms with van der Waals surface area (Å²) in [5, 5.41) is 0. The van der Waals surface area contributed by atoms with Crippen molar-refractivity contribution in [3.8, 4) is 5.88 Å². The van der Waals surface area contributed by atoms with E-state index >= 15 is 0 Å². The van der Waals surface area contributed by atoms with Gasteiger partial charge in [-0.15, -0.1) is 0 Å². The molecule has 78 valence electrons. The Labute approximate surface area is 85.3 Å². The van der Waals surface area contributed by atoms with Crippen molar-refractivity contribution in [1.29, 1.82) is 0 Å². The summed E-state index contributed by atoms with van der Waals surface area (Å²) in [4.78, 5) is 4.40. The molecule has 1 rings (SSSR count). The molecule has 0 saturated heterocycles. The van der Waals surface area contributed by atoms with E-state index in [-0.39, 0.29) is 5.41 Å². The summed E-state index contributed by atoms with van der Waals surface area (Å²) < 4.78 is 5.09. The SMILES string of the molecule is COc1cccc(C(C)(C)CCN)n1. The maximum absolute atomic E-state index is 5.56. The second-order valence-corrected chi connectivity index (χ2v) is 3.99. The lowest BCUT2D eigenvalue weighted by Crippen LogP contribution is -2.23. The first kappa shape index (κ1) is 11.0. The minimum atomic E-state index is 0.0172. The number of hydrogen-bond donors (Lipinski definition) is 1. The van der Waals surface area contributed by atoms with Crippen LogP contribution in [-0.4, -0.2) is 18.6 Å². The lowest BCUT2D eigenvalue weighted by atomic mass is 9.85. The predicted molar refractivity (Wildman–Crippen MR) is 57.5 cm³/mol. The third-order valence-electron chi connectivity index (χ3n) is 2.40. The van der Waals surface area contributed by atoms with Crippen molar-refractivity contribution < 1.29 is 4.74 Å². The van der Waals surface area contributed by atoms with E-state index in [0.717, 1.165) is 12.1 Å². The second kappa shape index (κ2) is 4.42. The van der Waals surface area contributed by atoms with Crippen LogP contribution < -0.4 is 10.5 Å². The van der Waals surface area contributed by atoms with Gasteiger partial charge in [-0.05, 0) is 19.0 Å². The lowest BCUT2D eigenvalue weighted by Gasteiger charge is -2.23. The van der Waals surface area contributed by atoms with Gasteiger partial charge in [0.25, 0.3) is 0 Å². The van der Waals surface area contributed by atoms with E-state index in [2.05, 4.69) is 18.8 Å². The maximum atomic E-state index is 5.56. The van der Waals surface area contributed by atoms with Gasteiger partial charge in [0.1, 0.15) is 0 Å². The molecule has 0 amide bonds. The molecule has 0 spiro atoms. The number of rotatable bonds is 4. The minimum absolute atomic E-state index is 0.0172. The summed E-state index contributed by atoms with van der Waals surface area (Å²) in [7, 11) is 1.63. The van der Waals surface area contributed by atoms with Crippen LogP contribution in [0.2, 0.25) is 0 Å². The van der Waals surface area contributed by atoms with Crippen LogP contribution in [0.4, 0.5) is 0 Å². The number of pyridine rings is 1. The number of aromatic nitrogens is 1. The zero-order valence-corrected chi connectivity index (χ0v) is 9.08. The number of nitrogens with zero attached hydrogens (tertiary/aromatic N) is 1. The Balaban J connectivity index is 2.93. The summed E-state index contributed by atoms with van der Waals surface area (Å²) >= 11 is 0. The fraction of sp³-hybridized carbons (Fsp3) is 0.545. The highest BCUT2D eigenvalue weighted by Gasteiger charge is 2.21. The van der Waals surface area contributed by atoms with Gasteiger partial charge in [-0.3, -0.25) is 0 Å². The third kappa shape index (κ3) is 2.45. The van der Waals surface area contributed by atoms with E-state index in [9.17, 15) is 0 Å². The molecule has 0 fully saturated rings. The van der Waals surface area contributed by atoms with E-state index in [4.69, 9.17) is 10.5 Å². The van der Waals surface area contributed by atoms with Crippen LogP contribution in [0.5, 0.6) is 5.88 Å². The van der Waals surface area contributed by atoms with E-state index in [1.54, 1.807) is 7.11 Å². The Hall–Kier alpha value is -1.09. The molecule has 0 aromatic carbocycles. The molecule has 1 aromatic heterocycles. The molecule has 0 aliphatic heterocycles. The third-order valence-corrected chi connectivity index (χ3v) is 2.40. The highest BCUT2D eigenvalue weighted by molar-refractivity contribution is 5.21. The van der Waals surface area contributed by atoms with E-state index in [1.165, 1.54) is 0 Å². The zero-order chi connectivity index (χ0) is 10.6. The normalized spacial score (nSPS) is 11.4. The first-order chi connectivity index (χ1) is 6.60. The topological polar surface area (TPSA) is 48.1 Å². The Morgan fingerprint density at radius 3 is 2.71 bits per heavy atom. The number of nitrogens with two attached hydrogens (primary N) is 1. The summed E-state index contributed by atoms with van der Waals surface area (Å²) in [5.74, 6) is 0.660. The van der Waals surface area contributed by atoms with Crippen molar-refractivity contribution in [1.82, 2.24) is 4.98 Å². The molecule has 3 nitrogen and oxygen atoms in total. The number of hydrogen-bond acceptors (Lipinski definition) is 3. The molecule has 2 N–H and O–H groups in total. The van der Waals surface area contributed by atoms with Crippen molar-refractivity contribution in [2.45, 2.75) is 25.7 Å². The standard InChI is InChI=1S/C11H18N2O/c1-11(2,7-8-12)9-5-4-6-10(13-9)14-3/h4-6H,7-8,12H2,1-3H3. The molecule has 0 aliphatic carbocycles. The van der Waals surface area contributed by atoms with Gasteiger partial charge in [0.05, 0.1) is 12.8 Å². The molecule has 0 radical (unpaired) electrons. The van der Waals surface area contributed by atoms with Crippen molar-refractivity contribution in [3.05, 3.63) is 23.9 Å². The largest absolute Gasteiger partial charge is 0.481 e. The summed E-state index contributed by atoms with van der Waals surface area (Å²) in [5.41, 5.74) is 6.61. The molecule has 0 unspecified atom stereocenters. The Bertz CT molecular complexity index is 297. The van der Waals surface area contributed by atoms with Crippen molar-refractivity contribution in [3.63, 3.8) is 0 Å². The lowest BCUT2D eigenvalue weighted by molar-refractivity contribution is 0.387. The van der Waals surface area contributed by atoms with Crippen LogP contribution in [0.15, 0.2) is 18.2 Å².